The van der Waals surface area contributed by atoms with E-state index in [1.807, 2.05) is 30.3 Å². The summed E-state index contributed by atoms with van der Waals surface area (Å²) in [6, 6.07) is 16.9. The molecule has 0 saturated carbocycles. The smallest absolute Gasteiger partial charge is 0.356 e. The number of esters is 1. The van der Waals surface area contributed by atoms with Crippen molar-refractivity contribution in [2.75, 3.05) is 44.0 Å². The fraction of sp³-hybridized carbons (Fsp3) is 0.250. The van der Waals surface area contributed by atoms with Crippen molar-refractivity contribution in [3.05, 3.63) is 99.5 Å². The lowest BCUT2D eigenvalue weighted by Gasteiger charge is -2.15. The lowest BCUT2D eigenvalue weighted by atomic mass is 10.2. The number of ether oxygens (including phenoxy) is 4. The molecule has 1 aromatic carbocycles. The third-order valence-electron chi connectivity index (χ3n) is 6.51. The zero-order valence-electron chi connectivity index (χ0n) is 26.4. The lowest BCUT2D eigenvalue weighted by molar-refractivity contribution is -0.386. The molecule has 0 spiro atoms. The summed E-state index contributed by atoms with van der Waals surface area (Å²) in [4.78, 5) is 62.0. The molecule has 17 nitrogen and oxygen atoms in total. The van der Waals surface area contributed by atoms with Gasteiger partial charge in [-0.25, -0.2) is 19.7 Å². The van der Waals surface area contributed by atoms with Gasteiger partial charge in [0.2, 0.25) is 11.8 Å². The molecule has 0 atom stereocenters. The fourth-order valence-corrected chi connectivity index (χ4v) is 4.04. The molecule has 0 radical (unpaired) electrons. The maximum Gasteiger partial charge on any atom is 0.356 e. The number of aromatic nitrogens is 3. The first-order valence-corrected chi connectivity index (χ1v) is 14.9. The minimum atomic E-state index is -0.752. The number of nitrogens with two attached hydrogens (primary N) is 2. The average molecular weight is 675 g/mol. The molecule has 49 heavy (non-hydrogen) atoms. The molecule has 0 aliphatic heterocycles. The number of rotatable bonds is 17. The number of pyridine rings is 3. The van der Waals surface area contributed by atoms with Crippen molar-refractivity contribution in [2.24, 2.45) is 11.5 Å². The first-order chi connectivity index (χ1) is 23.7. The van der Waals surface area contributed by atoms with Crippen LogP contribution in [-0.4, -0.2) is 71.1 Å². The van der Waals surface area contributed by atoms with E-state index in [0.29, 0.717) is 25.9 Å². The van der Waals surface area contributed by atoms with Crippen LogP contribution in [0.1, 0.15) is 49.9 Å². The number of nitrogens with one attached hydrogen (secondary N) is 2. The van der Waals surface area contributed by atoms with Crippen LogP contribution in [0.25, 0.3) is 0 Å². The van der Waals surface area contributed by atoms with Crippen molar-refractivity contribution < 1.29 is 38.3 Å². The van der Waals surface area contributed by atoms with Gasteiger partial charge in [-0.3, -0.25) is 19.7 Å². The van der Waals surface area contributed by atoms with Gasteiger partial charge in [0.1, 0.15) is 29.4 Å². The Morgan fingerprint density at radius 2 is 1.22 bits per heavy atom. The first-order valence-electron chi connectivity index (χ1n) is 14.9. The summed E-state index contributed by atoms with van der Waals surface area (Å²) in [6.07, 6.45) is 0.910. The summed E-state index contributed by atoms with van der Waals surface area (Å²) in [5.41, 5.74) is 11.3. The van der Waals surface area contributed by atoms with Crippen LogP contribution in [-0.2, 0) is 11.3 Å². The minimum Gasteiger partial charge on any atom is -0.476 e. The van der Waals surface area contributed by atoms with Crippen LogP contribution in [0.15, 0.2) is 66.7 Å². The molecular weight excluding hydrogens is 640 g/mol. The van der Waals surface area contributed by atoms with Crippen LogP contribution in [0.5, 0.6) is 17.6 Å². The van der Waals surface area contributed by atoms with Gasteiger partial charge in [0.25, 0.3) is 17.7 Å². The van der Waals surface area contributed by atoms with Gasteiger partial charge in [-0.15, -0.1) is 0 Å². The highest BCUT2D eigenvalue weighted by Crippen LogP contribution is 2.28. The molecule has 0 saturated heterocycles. The number of anilines is 2. The molecule has 4 rings (SSSR count). The Morgan fingerprint density at radius 1 is 0.714 bits per heavy atom. The number of carbonyl (C=O) groups is 3. The molecule has 3 heterocycles. The maximum atomic E-state index is 13.4. The van der Waals surface area contributed by atoms with Crippen molar-refractivity contribution in [1.82, 2.24) is 15.0 Å². The van der Waals surface area contributed by atoms with Crippen molar-refractivity contribution in [2.45, 2.75) is 19.4 Å². The summed E-state index contributed by atoms with van der Waals surface area (Å²) in [5, 5.41) is 16.8. The zero-order chi connectivity index (χ0) is 35.2. The molecule has 6 N–H and O–H groups in total. The van der Waals surface area contributed by atoms with Crippen molar-refractivity contribution in [3.8, 4) is 17.6 Å². The summed E-state index contributed by atoms with van der Waals surface area (Å²) < 4.78 is 21.7. The molecule has 4 aromatic rings. The third kappa shape index (κ3) is 9.90. The minimum absolute atomic E-state index is 0.0314. The molecule has 0 unspecified atom stereocenters. The number of methoxy groups -OCH3 is 1. The van der Waals surface area contributed by atoms with E-state index in [0.717, 1.165) is 11.6 Å². The lowest BCUT2D eigenvalue weighted by Crippen LogP contribution is -2.19. The van der Waals surface area contributed by atoms with Gasteiger partial charge < -0.3 is 41.0 Å². The van der Waals surface area contributed by atoms with E-state index < -0.39 is 28.4 Å². The molecule has 0 bridgehead atoms. The summed E-state index contributed by atoms with van der Waals surface area (Å²) in [5.74, 6) is -2.60. The van der Waals surface area contributed by atoms with Crippen LogP contribution >= 0.6 is 0 Å². The van der Waals surface area contributed by atoms with Crippen LogP contribution in [0.2, 0.25) is 0 Å². The fourth-order valence-electron chi connectivity index (χ4n) is 4.04. The summed E-state index contributed by atoms with van der Waals surface area (Å²) in [7, 11) is 1.21. The number of amides is 2. The third-order valence-corrected chi connectivity index (χ3v) is 6.51. The highest BCUT2D eigenvalue weighted by Gasteiger charge is 2.23. The molecule has 2 amide bonds. The molecule has 0 aliphatic carbocycles. The number of nitrogens with zero attached hydrogens (tertiary/aromatic N) is 4. The monoisotopic (exact) mass is 674 g/mol. The van der Waals surface area contributed by atoms with Crippen molar-refractivity contribution in [3.63, 3.8) is 0 Å². The van der Waals surface area contributed by atoms with Gasteiger partial charge in [-0.05, 0) is 61.8 Å². The second-order valence-corrected chi connectivity index (χ2v) is 10.0. The van der Waals surface area contributed by atoms with Gasteiger partial charge in [0, 0.05) is 6.07 Å². The zero-order valence-corrected chi connectivity index (χ0v) is 26.4. The molecule has 256 valence electrons. The SMILES string of the molecule is COC(=O)c1ccc(NC(=O)c2ccc(NC(=O)c3ccc([N+](=O)[O-])c(OCCCN)n3)c(OCc3ccccc3)n2)c(OCCCN)n1. The molecular formula is C32H34N8O9. The second kappa shape index (κ2) is 17.6. The molecule has 0 fully saturated rings. The predicted octanol–water partition coefficient (Wildman–Crippen LogP) is 3.11. The number of benzene rings is 1. The predicted molar refractivity (Wildman–Crippen MR) is 176 cm³/mol. The van der Waals surface area contributed by atoms with Crippen molar-refractivity contribution >= 4 is 34.8 Å². The Kier molecular flexibility index (Phi) is 12.8. The van der Waals surface area contributed by atoms with E-state index in [1.54, 1.807) is 0 Å². The van der Waals surface area contributed by atoms with Gasteiger partial charge in [-0.2, -0.15) is 0 Å². The average Bonchev–Trinajstić information content (AvgIpc) is 3.11. The van der Waals surface area contributed by atoms with Crippen LogP contribution < -0.4 is 36.3 Å². The van der Waals surface area contributed by atoms with Gasteiger partial charge in [0.15, 0.2) is 5.69 Å². The Hall–Kier alpha value is -6.20. The standard InChI is InChI=1S/C32H34N8O9/c1-46-32(43)25-12-11-23(29(39-25)47-17-5-15-33)35-27(41)21-9-10-24(30(37-21)49-19-20-7-3-2-4-8-20)36-28(42)22-13-14-26(40(44)45)31(38-22)48-18-6-16-34/h2-4,7-14H,5-6,15-19,33-34H2,1H3,(H,35,41)(H,36,42). The number of hydrogen-bond acceptors (Lipinski definition) is 14. The van der Waals surface area contributed by atoms with E-state index in [-0.39, 0.29) is 65.9 Å². The van der Waals surface area contributed by atoms with Crippen molar-refractivity contribution in [1.29, 1.82) is 0 Å². The molecule has 17 heteroatoms. The second-order valence-electron chi connectivity index (χ2n) is 10.0. The Bertz CT molecular complexity index is 1790. The Labute approximate surface area is 280 Å². The first kappa shape index (κ1) is 35.7. The van der Waals surface area contributed by atoms with Gasteiger partial charge >= 0.3 is 11.7 Å². The van der Waals surface area contributed by atoms with E-state index >= 15 is 0 Å². The quantitative estimate of drug-likeness (QED) is 0.0544. The van der Waals surface area contributed by atoms with Crippen LogP contribution in [0, 0.1) is 10.1 Å². The Morgan fingerprint density at radius 3 is 1.80 bits per heavy atom. The molecule has 0 aliphatic rings. The number of hydrogen-bond donors (Lipinski definition) is 4. The highest BCUT2D eigenvalue weighted by molar-refractivity contribution is 6.06. The topological polar surface area (TPSA) is 246 Å². The maximum absolute atomic E-state index is 13.4. The molecule has 3 aromatic heterocycles. The van der Waals surface area contributed by atoms with Gasteiger partial charge in [0.05, 0.1) is 25.2 Å². The van der Waals surface area contributed by atoms with E-state index in [1.165, 1.54) is 37.4 Å². The largest absolute Gasteiger partial charge is 0.476 e. The normalized spacial score (nSPS) is 10.5. The number of nitro groups is 1. The highest BCUT2D eigenvalue weighted by atomic mass is 16.6. The van der Waals surface area contributed by atoms with Crippen LogP contribution in [0.4, 0.5) is 17.1 Å². The Balaban J connectivity index is 1.61. The van der Waals surface area contributed by atoms with E-state index in [2.05, 4.69) is 25.6 Å². The summed E-state index contributed by atoms with van der Waals surface area (Å²) >= 11 is 0. The summed E-state index contributed by atoms with van der Waals surface area (Å²) in [6.45, 7) is 0.915. The van der Waals surface area contributed by atoms with Gasteiger partial charge in [-0.1, -0.05) is 30.3 Å². The van der Waals surface area contributed by atoms with Crippen LogP contribution in [0.3, 0.4) is 0 Å². The van der Waals surface area contributed by atoms with E-state index in [4.69, 9.17) is 30.4 Å². The number of carbonyl (C=O) groups excluding carboxylic acids is 3. The van der Waals surface area contributed by atoms with E-state index in [9.17, 15) is 24.5 Å².